The number of carbonyl (C=O) groups is 1. The molecule has 7 nitrogen and oxygen atoms in total. The van der Waals surface area contributed by atoms with Gasteiger partial charge < -0.3 is 19.3 Å². The fourth-order valence-corrected chi connectivity index (χ4v) is 6.03. The van der Waals surface area contributed by atoms with Crippen LogP contribution in [0.15, 0.2) is 0 Å². The van der Waals surface area contributed by atoms with Crippen LogP contribution in [0.5, 0.6) is 0 Å². The topological polar surface area (TPSA) is 102 Å². The second-order valence-electron chi connectivity index (χ2n) is 10.3. The Morgan fingerprint density at radius 3 is 1.81 bits per heavy atom. The number of unbranched alkanes of at least 4 members (excludes halogenated alkanes) is 15. The summed E-state index contributed by atoms with van der Waals surface area (Å²) in [7, 11) is -4.70. The molecule has 0 aliphatic carbocycles. The fourth-order valence-electron chi connectivity index (χ4n) is 4.98. The molecule has 2 N–H and O–H groups in total. The van der Waals surface area contributed by atoms with Crippen molar-refractivity contribution in [1.29, 1.82) is 0 Å². The Kier molecular flexibility index (Phi) is 19.8. The zero-order valence-corrected chi connectivity index (χ0v) is 25.1. The van der Waals surface area contributed by atoms with Gasteiger partial charge in [-0.15, -0.1) is 0 Å². The van der Waals surface area contributed by atoms with Crippen LogP contribution in [0, 0.1) is 0 Å². The summed E-state index contributed by atoms with van der Waals surface area (Å²) in [6, 6.07) is 0. The number of phosphoric ester groups is 1. The van der Waals surface area contributed by atoms with E-state index >= 15 is 0 Å². The van der Waals surface area contributed by atoms with Gasteiger partial charge in [-0.05, 0) is 12.8 Å². The van der Waals surface area contributed by atoms with Crippen LogP contribution in [0.25, 0.3) is 0 Å². The molecule has 0 aromatic rings. The van der Waals surface area contributed by atoms with Crippen LogP contribution in [0.3, 0.4) is 0 Å². The quantitative estimate of drug-likeness (QED) is 0.0475. The minimum Gasteiger partial charge on any atom is -0.456 e. The molecule has 0 aromatic carbocycles. The molecular formula is C27H52BrO7P. The Morgan fingerprint density at radius 1 is 0.889 bits per heavy atom. The maximum absolute atomic E-state index is 11.8. The summed E-state index contributed by atoms with van der Waals surface area (Å²) < 4.78 is 27.8. The van der Waals surface area contributed by atoms with Crippen LogP contribution in [0.2, 0.25) is 0 Å². The SMILES string of the molecule is CCCCCCCCCCCCCCCCCCOCCC1(C(CCBr)OP(=O)(O)O)CCC(=O)O1. The predicted octanol–water partition coefficient (Wildman–Crippen LogP) is 7.99. The van der Waals surface area contributed by atoms with Crippen molar-refractivity contribution in [1.82, 2.24) is 0 Å². The monoisotopic (exact) mass is 598 g/mol. The first kappa shape index (κ1) is 34.0. The molecule has 0 aromatic heterocycles. The zero-order valence-electron chi connectivity index (χ0n) is 22.6. The molecule has 0 radical (unpaired) electrons. The largest absolute Gasteiger partial charge is 0.469 e. The minimum atomic E-state index is -4.70. The van der Waals surface area contributed by atoms with Crippen LogP contribution in [-0.4, -0.2) is 46.0 Å². The first-order valence-electron chi connectivity index (χ1n) is 14.4. The van der Waals surface area contributed by atoms with Crippen LogP contribution >= 0.6 is 23.8 Å². The molecule has 1 aliphatic heterocycles. The number of alkyl halides is 1. The van der Waals surface area contributed by atoms with E-state index in [4.69, 9.17) is 14.0 Å². The molecule has 1 fully saturated rings. The maximum atomic E-state index is 11.8. The smallest absolute Gasteiger partial charge is 0.456 e. The molecule has 2 atom stereocenters. The lowest BCUT2D eigenvalue weighted by Gasteiger charge is -2.35. The molecule has 0 amide bonds. The van der Waals surface area contributed by atoms with E-state index in [0.29, 0.717) is 37.8 Å². The Balaban J connectivity index is 2.04. The van der Waals surface area contributed by atoms with Crippen molar-refractivity contribution < 1.29 is 33.1 Å². The summed E-state index contributed by atoms with van der Waals surface area (Å²) >= 11 is 3.30. The summed E-state index contributed by atoms with van der Waals surface area (Å²) in [5.41, 5.74) is -1.04. The van der Waals surface area contributed by atoms with Crippen molar-refractivity contribution >= 4 is 29.7 Å². The highest BCUT2D eigenvalue weighted by molar-refractivity contribution is 9.09. The molecule has 1 saturated heterocycles. The number of carbonyl (C=O) groups excluding carboxylic acids is 1. The number of esters is 1. The average Bonchev–Trinajstić information content (AvgIpc) is 3.21. The summed E-state index contributed by atoms with van der Waals surface area (Å²) in [6.45, 7) is 3.28. The molecule has 214 valence electrons. The van der Waals surface area contributed by atoms with Crippen LogP contribution in [-0.2, 0) is 23.4 Å². The van der Waals surface area contributed by atoms with Gasteiger partial charge >= 0.3 is 13.8 Å². The number of hydrogen-bond donors (Lipinski definition) is 2. The Morgan fingerprint density at radius 2 is 1.39 bits per heavy atom. The molecule has 0 bridgehead atoms. The average molecular weight is 600 g/mol. The molecular weight excluding hydrogens is 547 g/mol. The zero-order chi connectivity index (χ0) is 26.5. The van der Waals surface area contributed by atoms with Gasteiger partial charge in [0.25, 0.3) is 0 Å². The molecule has 0 spiro atoms. The van der Waals surface area contributed by atoms with E-state index in [0.717, 1.165) is 12.8 Å². The third-order valence-corrected chi connectivity index (χ3v) is 8.09. The van der Waals surface area contributed by atoms with E-state index in [1.807, 2.05) is 0 Å². The van der Waals surface area contributed by atoms with Gasteiger partial charge in [0.05, 0.1) is 6.61 Å². The van der Waals surface area contributed by atoms with E-state index in [1.165, 1.54) is 89.9 Å². The van der Waals surface area contributed by atoms with E-state index in [2.05, 4.69) is 22.9 Å². The second-order valence-corrected chi connectivity index (χ2v) is 12.3. The fraction of sp³-hybridized carbons (Fsp3) is 0.963. The van der Waals surface area contributed by atoms with Gasteiger partial charge in [0.15, 0.2) is 0 Å². The van der Waals surface area contributed by atoms with Crippen molar-refractivity contribution in [3.8, 4) is 0 Å². The molecule has 1 rings (SSSR count). The summed E-state index contributed by atoms with van der Waals surface area (Å²) in [5, 5.41) is 0.483. The lowest BCUT2D eigenvalue weighted by Crippen LogP contribution is -2.44. The number of ether oxygens (including phenoxy) is 2. The van der Waals surface area contributed by atoms with E-state index < -0.39 is 19.5 Å². The molecule has 0 saturated carbocycles. The van der Waals surface area contributed by atoms with E-state index in [9.17, 15) is 19.1 Å². The minimum absolute atomic E-state index is 0.225. The number of phosphoric acid groups is 1. The van der Waals surface area contributed by atoms with Crippen molar-refractivity contribution in [3.63, 3.8) is 0 Å². The van der Waals surface area contributed by atoms with Gasteiger partial charge in [-0.1, -0.05) is 119 Å². The van der Waals surface area contributed by atoms with Crippen LogP contribution in [0.4, 0.5) is 0 Å². The molecule has 1 heterocycles. The van der Waals surface area contributed by atoms with E-state index in [1.54, 1.807) is 0 Å². The van der Waals surface area contributed by atoms with Crippen LogP contribution < -0.4 is 0 Å². The lowest BCUT2D eigenvalue weighted by molar-refractivity contribution is -0.160. The van der Waals surface area contributed by atoms with E-state index in [-0.39, 0.29) is 12.4 Å². The standard InChI is InChI=1S/C27H52BrO7P/c1-2-3-4-5-6-7-8-9-10-11-12-13-14-15-16-17-23-33-24-21-27(20-18-26(29)34-27)25(19-22-28)35-36(30,31)32/h25H,2-24H2,1H3,(H2,30,31,32). The molecule has 9 heteroatoms. The maximum Gasteiger partial charge on any atom is 0.469 e. The van der Waals surface area contributed by atoms with Crippen LogP contribution in [0.1, 0.15) is 135 Å². The van der Waals surface area contributed by atoms with Crippen molar-refractivity contribution in [2.24, 2.45) is 0 Å². The third-order valence-electron chi connectivity index (χ3n) is 7.10. The summed E-state index contributed by atoms with van der Waals surface area (Å²) in [6.07, 6.45) is 21.7. The Bertz CT molecular complexity index is 601. The van der Waals surface area contributed by atoms with Gasteiger partial charge in [0.1, 0.15) is 11.7 Å². The van der Waals surface area contributed by atoms with Crippen molar-refractivity contribution in [3.05, 3.63) is 0 Å². The number of hydrogen-bond acceptors (Lipinski definition) is 5. The highest BCUT2D eigenvalue weighted by Gasteiger charge is 2.49. The lowest BCUT2D eigenvalue weighted by atomic mass is 9.88. The number of rotatable bonds is 25. The highest BCUT2D eigenvalue weighted by Crippen LogP contribution is 2.46. The predicted molar refractivity (Wildman–Crippen MR) is 148 cm³/mol. The Hall–Kier alpha value is 0.0200. The molecule has 36 heavy (non-hydrogen) atoms. The Labute approximate surface area is 228 Å². The van der Waals surface area contributed by atoms with Gasteiger partial charge in [-0.3, -0.25) is 9.32 Å². The van der Waals surface area contributed by atoms with Gasteiger partial charge in [0.2, 0.25) is 0 Å². The van der Waals surface area contributed by atoms with Gasteiger partial charge in [-0.2, -0.15) is 0 Å². The normalized spacial score (nSPS) is 19.1. The summed E-state index contributed by atoms with van der Waals surface area (Å²) in [5.74, 6) is -0.360. The second kappa shape index (κ2) is 20.9. The molecule has 2 unspecified atom stereocenters. The van der Waals surface area contributed by atoms with Gasteiger partial charge in [0, 0.05) is 31.2 Å². The molecule has 1 aliphatic rings. The number of halogens is 1. The third kappa shape index (κ3) is 16.8. The van der Waals surface area contributed by atoms with Crippen molar-refractivity contribution in [2.75, 3.05) is 18.5 Å². The summed E-state index contributed by atoms with van der Waals surface area (Å²) in [4.78, 5) is 30.4. The first-order chi connectivity index (χ1) is 17.3. The highest BCUT2D eigenvalue weighted by atomic mass is 79.9. The number of cyclic esters (lactones) is 1. The van der Waals surface area contributed by atoms with Crippen molar-refractivity contribution in [2.45, 2.75) is 147 Å². The first-order valence-corrected chi connectivity index (χ1v) is 17.1. The van der Waals surface area contributed by atoms with Gasteiger partial charge in [-0.25, -0.2) is 4.57 Å².